The molecule has 2 heterocycles. The third-order valence-electron chi connectivity index (χ3n) is 5.23. The number of phenolic OH excluding ortho intramolecular Hbond substituents is 1. The summed E-state index contributed by atoms with van der Waals surface area (Å²) in [7, 11) is 0. The van der Waals surface area contributed by atoms with E-state index in [0.717, 1.165) is 11.1 Å². The van der Waals surface area contributed by atoms with Gasteiger partial charge in [0.05, 0.1) is 11.4 Å². The van der Waals surface area contributed by atoms with E-state index in [1.165, 1.54) is 17.0 Å². The largest absolute Gasteiger partial charge is 0.508 e. The number of nitrogens with zero attached hydrogens (tertiary/aromatic N) is 3. The summed E-state index contributed by atoms with van der Waals surface area (Å²) < 4.78 is 14.1. The zero-order valence-corrected chi connectivity index (χ0v) is 16.9. The number of hydrogen-bond donors (Lipinski definition) is 1. The minimum absolute atomic E-state index is 0.147. The molecule has 32 heavy (non-hydrogen) atoms. The van der Waals surface area contributed by atoms with Crippen molar-refractivity contribution in [2.24, 2.45) is 9.98 Å². The molecule has 1 N–H and O–H groups in total. The molecular formula is C26H18FN3O2. The van der Waals surface area contributed by atoms with Crippen LogP contribution in [0.4, 0.5) is 4.39 Å². The molecule has 3 aromatic rings. The van der Waals surface area contributed by atoms with Gasteiger partial charge in [-0.05, 0) is 42.0 Å². The third kappa shape index (κ3) is 3.74. The van der Waals surface area contributed by atoms with Crippen molar-refractivity contribution < 1.29 is 14.3 Å². The summed E-state index contributed by atoms with van der Waals surface area (Å²) in [5.41, 5.74) is 3.44. The lowest BCUT2D eigenvalue weighted by molar-refractivity contribution is -0.120. The molecule has 2 aliphatic heterocycles. The molecular weight excluding hydrogens is 405 g/mol. The monoisotopic (exact) mass is 423 g/mol. The van der Waals surface area contributed by atoms with E-state index in [2.05, 4.69) is 4.99 Å². The van der Waals surface area contributed by atoms with E-state index >= 15 is 0 Å². The van der Waals surface area contributed by atoms with Crippen LogP contribution in [0, 0.1) is 5.82 Å². The van der Waals surface area contributed by atoms with Crippen LogP contribution in [0.15, 0.2) is 101 Å². The van der Waals surface area contributed by atoms with Crippen molar-refractivity contribution in [2.45, 2.75) is 6.42 Å². The fourth-order valence-electron chi connectivity index (χ4n) is 3.62. The van der Waals surface area contributed by atoms with Crippen LogP contribution in [-0.4, -0.2) is 27.5 Å². The number of aromatic hydroxyl groups is 1. The van der Waals surface area contributed by atoms with E-state index in [-0.39, 0.29) is 17.4 Å². The van der Waals surface area contributed by atoms with Crippen LogP contribution < -0.4 is 0 Å². The first kappa shape index (κ1) is 19.6. The van der Waals surface area contributed by atoms with Crippen molar-refractivity contribution in [1.82, 2.24) is 4.90 Å². The molecule has 0 aliphatic carbocycles. The molecule has 0 saturated carbocycles. The Morgan fingerprint density at radius 3 is 2.38 bits per heavy atom. The summed E-state index contributed by atoms with van der Waals surface area (Å²) in [6.45, 7) is 0. The molecule has 3 aromatic carbocycles. The average Bonchev–Trinajstić information content (AvgIpc) is 3.12. The van der Waals surface area contributed by atoms with Gasteiger partial charge in [-0.15, -0.1) is 0 Å². The van der Waals surface area contributed by atoms with E-state index in [9.17, 15) is 14.3 Å². The van der Waals surface area contributed by atoms with Crippen LogP contribution in [0.25, 0.3) is 11.8 Å². The molecule has 0 unspecified atom stereocenters. The second kappa shape index (κ2) is 8.07. The van der Waals surface area contributed by atoms with Crippen LogP contribution in [0.2, 0.25) is 0 Å². The normalized spacial score (nSPS) is 16.5. The first-order valence-electron chi connectivity index (χ1n) is 10.1. The highest BCUT2D eigenvalue weighted by atomic mass is 19.1. The zero-order chi connectivity index (χ0) is 22.1. The SMILES string of the molecule is O=C1/C(=C/c2ccccc2F)N=C2C(Cc3ccccc3)=NC(c3ccc(O)cc3)=CN12. The first-order valence-corrected chi connectivity index (χ1v) is 10.1. The van der Waals surface area contributed by atoms with Gasteiger partial charge < -0.3 is 5.11 Å². The van der Waals surface area contributed by atoms with Gasteiger partial charge in [0.15, 0.2) is 5.84 Å². The van der Waals surface area contributed by atoms with Gasteiger partial charge in [-0.25, -0.2) is 14.4 Å². The Balaban J connectivity index is 1.59. The number of amidine groups is 1. The summed E-state index contributed by atoms with van der Waals surface area (Å²) in [4.78, 5) is 23.9. The Labute approximate surface area is 184 Å². The van der Waals surface area contributed by atoms with E-state index in [0.29, 0.717) is 29.2 Å². The number of rotatable bonds is 4. The fraction of sp³-hybridized carbons (Fsp3) is 0.0385. The molecule has 6 heteroatoms. The minimum Gasteiger partial charge on any atom is -0.508 e. The molecule has 0 aromatic heterocycles. The van der Waals surface area contributed by atoms with Crippen LogP contribution >= 0.6 is 0 Å². The zero-order valence-electron chi connectivity index (χ0n) is 16.9. The van der Waals surface area contributed by atoms with E-state index in [4.69, 9.17) is 4.99 Å². The molecule has 2 aliphatic rings. The Bertz CT molecular complexity index is 1320. The summed E-state index contributed by atoms with van der Waals surface area (Å²) in [5.74, 6) is -0.186. The van der Waals surface area contributed by atoms with Crippen molar-refractivity contribution in [3.05, 3.63) is 113 Å². The second-order valence-corrected chi connectivity index (χ2v) is 7.44. The van der Waals surface area contributed by atoms with Crippen molar-refractivity contribution in [3.8, 4) is 5.75 Å². The van der Waals surface area contributed by atoms with Gasteiger partial charge >= 0.3 is 0 Å². The lowest BCUT2D eigenvalue weighted by atomic mass is 10.0. The van der Waals surface area contributed by atoms with Crippen LogP contribution in [0.3, 0.4) is 0 Å². The van der Waals surface area contributed by atoms with Crippen molar-refractivity contribution in [3.63, 3.8) is 0 Å². The molecule has 5 nitrogen and oxygen atoms in total. The molecule has 0 bridgehead atoms. The van der Waals surface area contributed by atoms with E-state index in [1.807, 2.05) is 30.3 Å². The first-order chi connectivity index (χ1) is 15.6. The third-order valence-corrected chi connectivity index (χ3v) is 5.23. The van der Waals surface area contributed by atoms with Gasteiger partial charge in [0.25, 0.3) is 5.91 Å². The summed E-state index contributed by atoms with van der Waals surface area (Å²) in [5, 5.41) is 9.61. The Morgan fingerprint density at radius 1 is 0.906 bits per heavy atom. The van der Waals surface area contributed by atoms with Crippen LogP contribution in [-0.2, 0) is 11.2 Å². The van der Waals surface area contributed by atoms with Crippen molar-refractivity contribution >= 4 is 29.2 Å². The van der Waals surface area contributed by atoms with Gasteiger partial charge in [-0.3, -0.25) is 9.69 Å². The predicted octanol–water partition coefficient (Wildman–Crippen LogP) is 4.81. The highest BCUT2D eigenvalue weighted by molar-refractivity contribution is 6.48. The van der Waals surface area contributed by atoms with E-state index < -0.39 is 5.82 Å². The molecule has 0 saturated heterocycles. The average molecular weight is 423 g/mol. The number of benzene rings is 3. The Morgan fingerprint density at radius 2 is 1.62 bits per heavy atom. The van der Waals surface area contributed by atoms with Gasteiger partial charge in [0.2, 0.25) is 0 Å². The molecule has 0 radical (unpaired) electrons. The van der Waals surface area contributed by atoms with Gasteiger partial charge in [0, 0.05) is 23.7 Å². The summed E-state index contributed by atoms with van der Waals surface area (Å²) in [6.07, 6.45) is 3.56. The lowest BCUT2D eigenvalue weighted by Crippen LogP contribution is -2.36. The number of amides is 1. The standard InChI is InChI=1S/C26H18FN3O2/c27-21-9-5-4-8-19(21)15-23-26(32)30-16-24(18-10-12-20(31)13-11-18)28-22(25(30)29-23)14-17-6-2-1-3-7-17/h1-13,15-16,31H,14H2/b23-15-. The smallest absolute Gasteiger partial charge is 0.282 e. The maximum Gasteiger partial charge on any atom is 0.282 e. The maximum absolute atomic E-state index is 14.1. The highest BCUT2D eigenvalue weighted by Crippen LogP contribution is 2.29. The summed E-state index contributed by atoms with van der Waals surface area (Å²) in [6, 6.07) is 22.7. The quantitative estimate of drug-likeness (QED) is 0.612. The number of phenols is 1. The van der Waals surface area contributed by atoms with E-state index in [1.54, 1.807) is 48.7 Å². The molecule has 0 spiro atoms. The Kier molecular flexibility index (Phi) is 4.95. The van der Waals surface area contributed by atoms with Crippen LogP contribution in [0.5, 0.6) is 5.75 Å². The van der Waals surface area contributed by atoms with Gasteiger partial charge in [-0.2, -0.15) is 0 Å². The predicted molar refractivity (Wildman–Crippen MR) is 122 cm³/mol. The second-order valence-electron chi connectivity index (χ2n) is 7.44. The van der Waals surface area contributed by atoms with Gasteiger partial charge in [0.1, 0.15) is 17.3 Å². The number of carbonyl (C=O) groups is 1. The van der Waals surface area contributed by atoms with Crippen molar-refractivity contribution in [1.29, 1.82) is 0 Å². The number of halogens is 1. The minimum atomic E-state index is -0.420. The Hall–Kier alpha value is -4.32. The highest BCUT2D eigenvalue weighted by Gasteiger charge is 2.35. The molecule has 5 rings (SSSR count). The molecule has 0 atom stereocenters. The number of aliphatic imine (C=N–C) groups is 2. The molecule has 1 amide bonds. The van der Waals surface area contributed by atoms with Gasteiger partial charge in [-0.1, -0.05) is 48.5 Å². The maximum atomic E-state index is 14.1. The number of fused-ring (bicyclic) bond motifs is 1. The lowest BCUT2D eigenvalue weighted by Gasteiger charge is -2.22. The topological polar surface area (TPSA) is 65.3 Å². The molecule has 0 fully saturated rings. The van der Waals surface area contributed by atoms with Crippen molar-refractivity contribution in [2.75, 3.05) is 0 Å². The number of hydrogen-bond acceptors (Lipinski definition) is 4. The fourth-order valence-corrected chi connectivity index (χ4v) is 3.62. The number of carbonyl (C=O) groups excluding carboxylic acids is 1. The molecule has 156 valence electrons. The summed E-state index contributed by atoms with van der Waals surface area (Å²) >= 11 is 0. The van der Waals surface area contributed by atoms with Crippen LogP contribution in [0.1, 0.15) is 16.7 Å².